The van der Waals surface area contributed by atoms with Crippen molar-refractivity contribution in [2.45, 2.75) is 37.2 Å². The number of rotatable bonds is 0. The van der Waals surface area contributed by atoms with Crippen LogP contribution in [0.2, 0.25) is 0 Å². The number of aliphatic hydroxyl groups is 1. The molecule has 0 aromatic rings. The van der Waals surface area contributed by atoms with Crippen molar-refractivity contribution in [2.24, 2.45) is 17.3 Å². The van der Waals surface area contributed by atoms with Gasteiger partial charge in [0.2, 0.25) is 0 Å². The van der Waals surface area contributed by atoms with Crippen molar-refractivity contribution in [3.8, 4) is 0 Å². The number of allylic oxidation sites excluding steroid dienone is 2. The molecule has 1 N–H and O–H groups in total. The molecule has 72 valence electrons. The summed E-state index contributed by atoms with van der Waals surface area (Å²) in [7, 11) is 0. The van der Waals surface area contributed by atoms with Crippen molar-refractivity contribution in [1.29, 1.82) is 0 Å². The van der Waals surface area contributed by atoms with E-state index in [9.17, 15) is 5.11 Å². The van der Waals surface area contributed by atoms with E-state index in [1.165, 1.54) is 6.42 Å². The summed E-state index contributed by atoms with van der Waals surface area (Å²) >= 11 is 6.31. The van der Waals surface area contributed by atoms with Crippen molar-refractivity contribution in [1.82, 2.24) is 0 Å². The van der Waals surface area contributed by atoms with Crippen molar-refractivity contribution >= 4 is 11.6 Å². The number of alkyl halides is 1. The summed E-state index contributed by atoms with van der Waals surface area (Å²) in [5, 5.41) is 10.1. The van der Waals surface area contributed by atoms with Crippen molar-refractivity contribution in [3.05, 3.63) is 12.2 Å². The van der Waals surface area contributed by atoms with Gasteiger partial charge in [0.15, 0.2) is 0 Å². The molecular formula is C11H15ClO. The van der Waals surface area contributed by atoms with Crippen molar-refractivity contribution < 1.29 is 5.11 Å². The Balaban J connectivity index is 2.03. The van der Waals surface area contributed by atoms with Gasteiger partial charge in [-0.05, 0) is 37.0 Å². The van der Waals surface area contributed by atoms with E-state index in [0.717, 1.165) is 25.2 Å². The molecule has 0 aromatic carbocycles. The molecule has 1 spiro atoms. The molecule has 5 atom stereocenters. The van der Waals surface area contributed by atoms with Crippen LogP contribution in [0.15, 0.2) is 12.2 Å². The lowest BCUT2D eigenvalue weighted by Gasteiger charge is -2.29. The Kier molecular flexibility index (Phi) is 1.61. The molecule has 2 heteroatoms. The maximum atomic E-state index is 9.89. The van der Waals surface area contributed by atoms with Crippen LogP contribution in [0.5, 0.6) is 0 Å². The van der Waals surface area contributed by atoms with Crippen LogP contribution in [0.4, 0.5) is 0 Å². The second kappa shape index (κ2) is 2.52. The Morgan fingerprint density at radius 1 is 1.46 bits per heavy atom. The third-order valence-electron chi connectivity index (χ3n) is 4.42. The largest absolute Gasteiger partial charge is 0.393 e. The topological polar surface area (TPSA) is 20.2 Å². The summed E-state index contributed by atoms with van der Waals surface area (Å²) in [6, 6.07) is 0. The fourth-order valence-electron chi connectivity index (χ4n) is 3.89. The summed E-state index contributed by atoms with van der Waals surface area (Å²) in [5.41, 5.74) is 0.297. The van der Waals surface area contributed by atoms with Gasteiger partial charge in [0.05, 0.1) is 6.10 Å². The average Bonchev–Trinajstić information content (AvgIpc) is 2.65. The van der Waals surface area contributed by atoms with Gasteiger partial charge in [-0.2, -0.15) is 0 Å². The monoisotopic (exact) mass is 198 g/mol. The van der Waals surface area contributed by atoms with Gasteiger partial charge in [0, 0.05) is 11.3 Å². The summed E-state index contributed by atoms with van der Waals surface area (Å²) in [6.07, 6.45) is 8.90. The highest BCUT2D eigenvalue weighted by Gasteiger charge is 2.59. The van der Waals surface area contributed by atoms with Gasteiger partial charge in [0.1, 0.15) is 0 Å². The Bertz CT molecular complexity index is 263. The molecule has 0 aromatic heterocycles. The number of halogens is 1. The van der Waals surface area contributed by atoms with E-state index in [-0.39, 0.29) is 11.5 Å². The Morgan fingerprint density at radius 2 is 2.31 bits per heavy atom. The zero-order chi connectivity index (χ0) is 9.05. The van der Waals surface area contributed by atoms with Crippen molar-refractivity contribution in [2.75, 3.05) is 0 Å². The molecule has 0 radical (unpaired) electrons. The van der Waals surface area contributed by atoms with Gasteiger partial charge in [-0.25, -0.2) is 0 Å². The highest BCUT2D eigenvalue weighted by atomic mass is 35.5. The molecule has 0 heterocycles. The first-order chi connectivity index (χ1) is 6.24. The van der Waals surface area contributed by atoms with E-state index in [0.29, 0.717) is 11.3 Å². The summed E-state index contributed by atoms with van der Waals surface area (Å²) < 4.78 is 0. The lowest BCUT2D eigenvalue weighted by Crippen LogP contribution is -2.29. The third kappa shape index (κ3) is 0.875. The highest BCUT2D eigenvalue weighted by Crippen LogP contribution is 2.63. The molecule has 13 heavy (non-hydrogen) atoms. The van der Waals surface area contributed by atoms with E-state index in [1.807, 2.05) is 0 Å². The molecule has 0 saturated heterocycles. The van der Waals surface area contributed by atoms with E-state index >= 15 is 0 Å². The lowest BCUT2D eigenvalue weighted by atomic mass is 9.76. The van der Waals surface area contributed by atoms with Gasteiger partial charge in [-0.3, -0.25) is 0 Å². The number of hydrogen-bond donors (Lipinski definition) is 1. The van der Waals surface area contributed by atoms with Crippen molar-refractivity contribution in [3.63, 3.8) is 0 Å². The maximum Gasteiger partial charge on any atom is 0.0591 e. The van der Waals surface area contributed by atoms with Crippen LogP contribution < -0.4 is 0 Å². The second-order valence-electron chi connectivity index (χ2n) is 4.83. The second-order valence-corrected chi connectivity index (χ2v) is 5.39. The molecule has 0 bridgehead atoms. The third-order valence-corrected chi connectivity index (χ3v) is 4.87. The average molecular weight is 199 g/mol. The fourth-order valence-corrected chi connectivity index (χ4v) is 4.51. The Morgan fingerprint density at radius 3 is 3.15 bits per heavy atom. The minimum Gasteiger partial charge on any atom is -0.393 e. The van der Waals surface area contributed by atoms with E-state index in [1.54, 1.807) is 0 Å². The molecule has 2 fully saturated rings. The standard InChI is InChI=1S/C11H15ClO/c12-8-6-7-2-1-4-11(7)5-3-9(13)10(8)11/h1,4,7-10,13H,2-3,5-6H2/t7-,8+,9-,10-,11-/m1/s1. The van der Waals surface area contributed by atoms with Gasteiger partial charge in [-0.15, -0.1) is 11.6 Å². The van der Waals surface area contributed by atoms with Gasteiger partial charge < -0.3 is 5.11 Å². The zero-order valence-electron chi connectivity index (χ0n) is 7.62. The van der Waals surface area contributed by atoms with Crippen LogP contribution >= 0.6 is 11.6 Å². The minimum atomic E-state index is -0.143. The van der Waals surface area contributed by atoms with Gasteiger partial charge in [0.25, 0.3) is 0 Å². The van der Waals surface area contributed by atoms with Gasteiger partial charge in [-0.1, -0.05) is 12.2 Å². The molecule has 3 aliphatic carbocycles. The Hall–Kier alpha value is -0.0100. The Labute approximate surface area is 83.8 Å². The molecule has 0 amide bonds. The predicted molar refractivity (Wildman–Crippen MR) is 52.7 cm³/mol. The lowest BCUT2D eigenvalue weighted by molar-refractivity contribution is 0.108. The SMILES string of the molecule is O[C@@H]1CC[C@]23C=CC[C@@H]2C[C@H](Cl)[C@H]13. The van der Waals surface area contributed by atoms with Crippen LogP contribution in [-0.4, -0.2) is 16.6 Å². The van der Waals surface area contributed by atoms with Crippen LogP contribution in [-0.2, 0) is 0 Å². The molecule has 2 saturated carbocycles. The van der Waals surface area contributed by atoms with E-state index in [4.69, 9.17) is 11.6 Å². The summed E-state index contributed by atoms with van der Waals surface area (Å²) in [6.45, 7) is 0. The predicted octanol–water partition coefficient (Wildman–Crippen LogP) is 2.33. The normalized spacial score (nSPS) is 58.3. The van der Waals surface area contributed by atoms with E-state index in [2.05, 4.69) is 12.2 Å². The van der Waals surface area contributed by atoms with Gasteiger partial charge >= 0.3 is 0 Å². The van der Waals surface area contributed by atoms with Crippen LogP contribution in [0.3, 0.4) is 0 Å². The first kappa shape index (κ1) is 8.31. The van der Waals surface area contributed by atoms with Crippen LogP contribution in [0.1, 0.15) is 25.7 Å². The minimum absolute atomic E-state index is 0.143. The van der Waals surface area contributed by atoms with E-state index < -0.39 is 0 Å². The number of aliphatic hydroxyl groups excluding tert-OH is 1. The molecule has 0 unspecified atom stereocenters. The van der Waals surface area contributed by atoms with Crippen LogP contribution in [0, 0.1) is 17.3 Å². The highest BCUT2D eigenvalue weighted by molar-refractivity contribution is 6.21. The first-order valence-corrected chi connectivity index (χ1v) is 5.67. The summed E-state index contributed by atoms with van der Waals surface area (Å²) in [5.74, 6) is 1.08. The number of hydrogen-bond acceptors (Lipinski definition) is 1. The molecule has 0 aliphatic heterocycles. The first-order valence-electron chi connectivity index (χ1n) is 5.24. The molecule has 1 nitrogen and oxygen atoms in total. The molecule has 3 aliphatic rings. The maximum absolute atomic E-state index is 9.89. The molecular weight excluding hydrogens is 184 g/mol. The smallest absolute Gasteiger partial charge is 0.0591 e. The summed E-state index contributed by atoms with van der Waals surface area (Å²) in [4.78, 5) is 0. The quantitative estimate of drug-likeness (QED) is 0.468. The fraction of sp³-hybridized carbons (Fsp3) is 0.818. The molecule has 3 rings (SSSR count). The zero-order valence-corrected chi connectivity index (χ0v) is 8.37. The van der Waals surface area contributed by atoms with Crippen LogP contribution in [0.25, 0.3) is 0 Å².